The van der Waals surface area contributed by atoms with Crippen molar-refractivity contribution in [2.24, 2.45) is 0 Å². The molecule has 1 N–H and O–H groups in total. The van der Waals surface area contributed by atoms with Gasteiger partial charge in [0.1, 0.15) is 6.08 Å². The molecule has 1 nitrogen and oxygen atoms in total. The molecule has 0 aromatic heterocycles. The molecule has 0 spiro atoms. The van der Waals surface area contributed by atoms with Gasteiger partial charge in [0.2, 0.25) is 0 Å². The van der Waals surface area contributed by atoms with Gasteiger partial charge in [-0.25, -0.2) is 0 Å². The summed E-state index contributed by atoms with van der Waals surface area (Å²) in [5, 5.41) is 9.47. The van der Waals surface area contributed by atoms with Crippen LogP contribution in [0.3, 0.4) is 0 Å². The van der Waals surface area contributed by atoms with Crippen LogP contribution in [0.5, 0.6) is 0 Å². The van der Waals surface area contributed by atoms with Crippen molar-refractivity contribution in [3.63, 3.8) is 0 Å². The molecule has 1 atom stereocenters. The summed E-state index contributed by atoms with van der Waals surface area (Å²) in [6.07, 6.45) is 11.5. The first-order valence-electron chi connectivity index (χ1n) is 4.80. The maximum Gasteiger partial charge on any atom is 0.285 e. The largest absolute Gasteiger partial charge is 0.393 e. The molecule has 72 valence electrons. The molecule has 0 aromatic rings. The van der Waals surface area contributed by atoms with E-state index in [1.807, 2.05) is 0 Å². The summed E-state index contributed by atoms with van der Waals surface area (Å²) in [7, 11) is 0. The fourth-order valence-corrected chi connectivity index (χ4v) is 1.73. The van der Waals surface area contributed by atoms with Crippen LogP contribution >= 0.6 is 0 Å². The SMILES string of the molecule is OC1CCC=C(C2=C[C+]=C(F)C=C2)C1. The molecule has 0 radical (unpaired) electrons. The third-order valence-electron chi connectivity index (χ3n) is 2.49. The van der Waals surface area contributed by atoms with Crippen LogP contribution in [0.2, 0.25) is 0 Å². The molecule has 0 amide bonds. The topological polar surface area (TPSA) is 20.2 Å². The van der Waals surface area contributed by atoms with E-state index in [1.165, 1.54) is 6.08 Å². The normalized spacial score (nSPS) is 26.1. The Labute approximate surface area is 82.9 Å². The molecular weight excluding hydrogens is 179 g/mol. The molecule has 0 aromatic carbocycles. The van der Waals surface area contributed by atoms with Crippen LogP contribution < -0.4 is 0 Å². The highest BCUT2D eigenvalue weighted by molar-refractivity contribution is 5.46. The Morgan fingerprint density at radius 3 is 2.93 bits per heavy atom. The molecule has 0 saturated carbocycles. The van der Waals surface area contributed by atoms with Gasteiger partial charge in [0, 0.05) is 12.0 Å². The molecule has 0 aliphatic heterocycles. The lowest BCUT2D eigenvalue weighted by Crippen LogP contribution is -2.12. The highest BCUT2D eigenvalue weighted by Gasteiger charge is 2.19. The van der Waals surface area contributed by atoms with Gasteiger partial charge in [0.05, 0.1) is 29.9 Å². The van der Waals surface area contributed by atoms with Crippen LogP contribution in [-0.2, 0) is 0 Å². The van der Waals surface area contributed by atoms with Gasteiger partial charge in [0.25, 0.3) is 5.83 Å². The Kier molecular flexibility index (Phi) is 2.58. The van der Waals surface area contributed by atoms with Crippen molar-refractivity contribution in [3.05, 3.63) is 47.4 Å². The fourth-order valence-electron chi connectivity index (χ4n) is 1.73. The second-order valence-electron chi connectivity index (χ2n) is 3.59. The number of hydrogen-bond donors (Lipinski definition) is 1. The summed E-state index contributed by atoms with van der Waals surface area (Å²) in [4.78, 5) is 0. The predicted molar refractivity (Wildman–Crippen MR) is 53.0 cm³/mol. The third kappa shape index (κ3) is 1.98. The molecule has 1 unspecified atom stereocenters. The van der Waals surface area contributed by atoms with Gasteiger partial charge in [-0.15, -0.1) is 0 Å². The van der Waals surface area contributed by atoms with E-state index >= 15 is 0 Å². The zero-order valence-electron chi connectivity index (χ0n) is 7.83. The fraction of sp³-hybridized carbons (Fsp3) is 0.333. The molecule has 2 aliphatic rings. The summed E-state index contributed by atoms with van der Waals surface area (Å²) < 4.78 is 12.6. The molecule has 2 rings (SSSR count). The molecule has 14 heavy (non-hydrogen) atoms. The zero-order valence-corrected chi connectivity index (χ0v) is 7.83. The average molecular weight is 191 g/mol. The highest BCUT2D eigenvalue weighted by atomic mass is 19.1. The Morgan fingerprint density at radius 1 is 1.43 bits per heavy atom. The first-order valence-corrected chi connectivity index (χ1v) is 4.80. The zero-order chi connectivity index (χ0) is 9.97. The van der Waals surface area contributed by atoms with E-state index in [1.54, 1.807) is 12.2 Å². The number of aliphatic hydroxyl groups excluding tert-OH is 1. The highest BCUT2D eigenvalue weighted by Crippen LogP contribution is 2.27. The first kappa shape index (κ1) is 9.32. The Balaban J connectivity index is 2.17. The Hall–Kier alpha value is -1.24. The smallest absolute Gasteiger partial charge is 0.285 e. The quantitative estimate of drug-likeness (QED) is 0.632. The lowest BCUT2D eigenvalue weighted by molar-refractivity contribution is 0.161. The second-order valence-corrected chi connectivity index (χ2v) is 3.59. The summed E-state index contributed by atoms with van der Waals surface area (Å²) in [6.45, 7) is 0. The monoisotopic (exact) mass is 191 g/mol. The van der Waals surface area contributed by atoms with Crippen molar-refractivity contribution in [1.82, 2.24) is 0 Å². The first-order chi connectivity index (χ1) is 6.75. The molecular formula is C12H12FO+. The van der Waals surface area contributed by atoms with Gasteiger partial charge >= 0.3 is 0 Å². The van der Waals surface area contributed by atoms with Crippen molar-refractivity contribution in [2.75, 3.05) is 0 Å². The number of rotatable bonds is 1. The van der Waals surface area contributed by atoms with E-state index in [0.29, 0.717) is 6.42 Å². The predicted octanol–water partition coefficient (Wildman–Crippen LogP) is 2.61. The molecule has 2 heteroatoms. The Bertz CT molecular complexity index is 347. The van der Waals surface area contributed by atoms with E-state index in [9.17, 15) is 9.50 Å². The maximum atomic E-state index is 12.6. The van der Waals surface area contributed by atoms with Gasteiger partial charge < -0.3 is 5.11 Å². The van der Waals surface area contributed by atoms with E-state index in [-0.39, 0.29) is 11.9 Å². The molecule has 0 fully saturated rings. The van der Waals surface area contributed by atoms with E-state index < -0.39 is 0 Å². The van der Waals surface area contributed by atoms with Crippen LogP contribution in [0, 0.1) is 6.08 Å². The average Bonchev–Trinajstić information content (AvgIpc) is 2.19. The van der Waals surface area contributed by atoms with Crippen LogP contribution in [0.4, 0.5) is 4.39 Å². The van der Waals surface area contributed by atoms with Crippen molar-refractivity contribution in [3.8, 4) is 0 Å². The lowest BCUT2D eigenvalue weighted by atomic mass is 9.90. The maximum absolute atomic E-state index is 12.6. The van der Waals surface area contributed by atoms with Crippen molar-refractivity contribution in [1.29, 1.82) is 0 Å². The van der Waals surface area contributed by atoms with Crippen LogP contribution in [0.25, 0.3) is 0 Å². The van der Waals surface area contributed by atoms with Crippen molar-refractivity contribution >= 4 is 0 Å². The number of allylic oxidation sites excluding steroid dienone is 7. The number of aliphatic hydroxyl groups is 1. The van der Waals surface area contributed by atoms with Gasteiger partial charge in [-0.05, 0) is 12.8 Å². The number of hydrogen-bond acceptors (Lipinski definition) is 1. The second kappa shape index (κ2) is 3.87. The molecule has 0 heterocycles. The molecule has 2 aliphatic carbocycles. The van der Waals surface area contributed by atoms with Crippen molar-refractivity contribution < 1.29 is 9.50 Å². The van der Waals surface area contributed by atoms with Crippen LogP contribution in [0.15, 0.2) is 41.3 Å². The summed E-state index contributed by atoms with van der Waals surface area (Å²) in [5.41, 5.74) is 2.06. The summed E-state index contributed by atoms with van der Waals surface area (Å²) >= 11 is 0. The van der Waals surface area contributed by atoms with Gasteiger partial charge in [-0.2, -0.15) is 4.39 Å². The van der Waals surface area contributed by atoms with Gasteiger partial charge in [-0.1, -0.05) is 6.08 Å². The van der Waals surface area contributed by atoms with Crippen LogP contribution in [0.1, 0.15) is 19.3 Å². The lowest BCUT2D eigenvalue weighted by Gasteiger charge is -2.16. The van der Waals surface area contributed by atoms with E-state index in [0.717, 1.165) is 24.0 Å². The minimum absolute atomic E-state index is 0.250. The van der Waals surface area contributed by atoms with Crippen LogP contribution in [-0.4, -0.2) is 11.2 Å². The third-order valence-corrected chi connectivity index (χ3v) is 2.49. The number of halogens is 1. The van der Waals surface area contributed by atoms with Gasteiger partial charge in [0.15, 0.2) is 0 Å². The van der Waals surface area contributed by atoms with Gasteiger partial charge in [-0.3, -0.25) is 0 Å². The van der Waals surface area contributed by atoms with E-state index in [4.69, 9.17) is 0 Å². The van der Waals surface area contributed by atoms with E-state index in [2.05, 4.69) is 12.2 Å². The minimum Gasteiger partial charge on any atom is -0.393 e. The standard InChI is InChI=1S/C12H12FO/c13-11-6-4-9(5-7-11)10-2-1-3-12(14)8-10/h2,4-6,12,14H,1,3,8H2/q+1. The molecule has 0 bridgehead atoms. The summed E-state index contributed by atoms with van der Waals surface area (Å²) in [6, 6.07) is 0. The van der Waals surface area contributed by atoms with Crippen molar-refractivity contribution in [2.45, 2.75) is 25.4 Å². The Morgan fingerprint density at radius 2 is 2.29 bits per heavy atom. The molecule has 0 saturated heterocycles. The minimum atomic E-state index is -0.342. The summed E-state index contributed by atoms with van der Waals surface area (Å²) in [5.74, 6) is -0.342.